The number of nitrogens with zero attached hydrogens (tertiary/aromatic N) is 3. The number of carbonyl (C=O) groups is 1. The highest BCUT2D eigenvalue weighted by Crippen LogP contribution is 2.32. The van der Waals surface area contributed by atoms with Gasteiger partial charge in [-0.3, -0.25) is 4.79 Å². The van der Waals surface area contributed by atoms with Crippen LogP contribution in [0.15, 0.2) is 47.5 Å². The number of aromatic nitrogens is 1. The predicted octanol–water partition coefficient (Wildman–Crippen LogP) is 1.43. The molecule has 1 amide bonds. The Bertz CT molecular complexity index is 847. The topological polar surface area (TPSA) is 70.6 Å². The summed E-state index contributed by atoms with van der Waals surface area (Å²) in [6, 6.07) is 9.69. The average molecular weight is 317 g/mol. The molecule has 0 bridgehead atoms. The minimum absolute atomic E-state index is 0.0645. The highest BCUT2D eigenvalue weighted by molar-refractivity contribution is 7.93. The standard InChI is InChI=1S/C15H15N3O3S/c1-17(2)14-10-12(7-8-16-14)18-15(19)9-11-5-3-4-6-13(11)22(18,20)21/h3-8,10H,9H2,1-2H3. The molecule has 3 rings (SSSR count). The molecule has 7 heteroatoms. The first kappa shape index (κ1) is 14.5. The van der Waals surface area contributed by atoms with Crippen LogP contribution in [0.4, 0.5) is 11.5 Å². The van der Waals surface area contributed by atoms with Gasteiger partial charge in [0.1, 0.15) is 5.82 Å². The maximum absolute atomic E-state index is 12.8. The van der Waals surface area contributed by atoms with E-state index >= 15 is 0 Å². The highest BCUT2D eigenvalue weighted by atomic mass is 32.2. The van der Waals surface area contributed by atoms with Crippen LogP contribution >= 0.6 is 0 Å². The normalized spacial score (nSPS) is 16.3. The summed E-state index contributed by atoms with van der Waals surface area (Å²) in [6.45, 7) is 0. The van der Waals surface area contributed by atoms with Gasteiger partial charge < -0.3 is 4.90 Å². The molecule has 22 heavy (non-hydrogen) atoms. The fraction of sp³-hybridized carbons (Fsp3) is 0.200. The largest absolute Gasteiger partial charge is 0.363 e. The predicted molar refractivity (Wildman–Crippen MR) is 83.4 cm³/mol. The summed E-state index contributed by atoms with van der Waals surface area (Å²) in [5.74, 6) is 0.119. The molecule has 0 fully saturated rings. The van der Waals surface area contributed by atoms with E-state index in [2.05, 4.69) is 4.98 Å². The average Bonchev–Trinajstić information content (AvgIpc) is 2.47. The highest BCUT2D eigenvalue weighted by Gasteiger charge is 2.37. The minimum Gasteiger partial charge on any atom is -0.363 e. The summed E-state index contributed by atoms with van der Waals surface area (Å²) in [5, 5.41) is 0. The van der Waals surface area contributed by atoms with Gasteiger partial charge in [-0.1, -0.05) is 18.2 Å². The maximum atomic E-state index is 12.8. The van der Waals surface area contributed by atoms with Gasteiger partial charge in [0.15, 0.2) is 0 Å². The molecule has 0 saturated carbocycles. The lowest BCUT2D eigenvalue weighted by atomic mass is 10.1. The van der Waals surface area contributed by atoms with Crippen molar-refractivity contribution in [1.29, 1.82) is 0 Å². The van der Waals surface area contributed by atoms with Gasteiger partial charge in [-0.25, -0.2) is 17.7 Å². The van der Waals surface area contributed by atoms with E-state index in [0.29, 0.717) is 17.1 Å². The molecule has 0 radical (unpaired) electrons. The Labute approximate surface area is 129 Å². The number of fused-ring (bicyclic) bond motifs is 1. The Morgan fingerprint density at radius 1 is 1.18 bits per heavy atom. The lowest BCUT2D eigenvalue weighted by Gasteiger charge is -2.28. The molecule has 114 valence electrons. The summed E-state index contributed by atoms with van der Waals surface area (Å²) >= 11 is 0. The van der Waals surface area contributed by atoms with Gasteiger partial charge >= 0.3 is 0 Å². The zero-order chi connectivity index (χ0) is 15.9. The van der Waals surface area contributed by atoms with Crippen LogP contribution in [0.3, 0.4) is 0 Å². The molecule has 6 nitrogen and oxygen atoms in total. The van der Waals surface area contributed by atoms with Gasteiger partial charge in [-0.15, -0.1) is 0 Å². The monoisotopic (exact) mass is 317 g/mol. The fourth-order valence-corrected chi connectivity index (χ4v) is 4.07. The first-order valence-electron chi connectivity index (χ1n) is 6.71. The van der Waals surface area contributed by atoms with Gasteiger partial charge in [0.2, 0.25) is 5.91 Å². The van der Waals surface area contributed by atoms with Crippen LogP contribution < -0.4 is 9.21 Å². The Balaban J connectivity index is 2.16. The summed E-state index contributed by atoms with van der Waals surface area (Å²) in [4.78, 5) is 18.4. The van der Waals surface area contributed by atoms with Crippen LogP contribution in [0, 0.1) is 0 Å². The second kappa shape index (κ2) is 5.10. The van der Waals surface area contributed by atoms with Crippen molar-refractivity contribution < 1.29 is 13.2 Å². The van der Waals surface area contributed by atoms with Crippen LogP contribution in [0.25, 0.3) is 0 Å². The molecule has 1 aliphatic rings. The Morgan fingerprint density at radius 2 is 1.91 bits per heavy atom. The van der Waals surface area contributed by atoms with Crippen molar-refractivity contribution in [3.8, 4) is 0 Å². The van der Waals surface area contributed by atoms with Crippen molar-refractivity contribution in [2.75, 3.05) is 23.3 Å². The zero-order valence-corrected chi connectivity index (χ0v) is 13.0. The maximum Gasteiger partial charge on any atom is 0.271 e. The Morgan fingerprint density at radius 3 is 2.64 bits per heavy atom. The third kappa shape index (κ3) is 2.23. The quantitative estimate of drug-likeness (QED) is 0.838. The number of sulfonamides is 1. The number of anilines is 2. The SMILES string of the molecule is CN(C)c1cc(N2C(=O)Cc3ccccc3S2(=O)=O)ccn1. The number of hydrogen-bond acceptors (Lipinski definition) is 5. The van der Waals surface area contributed by atoms with E-state index in [0.717, 1.165) is 4.31 Å². The molecular formula is C15H15N3O3S. The van der Waals surface area contributed by atoms with Crippen molar-refractivity contribution in [1.82, 2.24) is 4.98 Å². The zero-order valence-electron chi connectivity index (χ0n) is 12.2. The van der Waals surface area contributed by atoms with Crippen LogP contribution in [0.1, 0.15) is 5.56 Å². The minimum atomic E-state index is -3.89. The molecular weight excluding hydrogens is 302 g/mol. The fourth-order valence-electron chi connectivity index (χ4n) is 2.43. The van der Waals surface area contributed by atoms with Crippen molar-refractivity contribution in [2.24, 2.45) is 0 Å². The second-order valence-corrected chi connectivity index (χ2v) is 6.97. The van der Waals surface area contributed by atoms with Crippen molar-refractivity contribution in [3.05, 3.63) is 48.2 Å². The van der Waals surface area contributed by atoms with Crippen LogP contribution in [-0.4, -0.2) is 33.4 Å². The van der Waals surface area contributed by atoms with E-state index in [9.17, 15) is 13.2 Å². The van der Waals surface area contributed by atoms with E-state index in [1.54, 1.807) is 43.3 Å². The van der Waals surface area contributed by atoms with E-state index < -0.39 is 15.9 Å². The van der Waals surface area contributed by atoms with E-state index in [1.165, 1.54) is 18.3 Å². The summed E-state index contributed by atoms with van der Waals surface area (Å²) in [5.41, 5.74) is 0.837. The molecule has 0 spiro atoms. The third-order valence-corrected chi connectivity index (χ3v) is 5.33. The van der Waals surface area contributed by atoms with E-state index in [-0.39, 0.29) is 11.3 Å². The second-order valence-electron chi connectivity index (χ2n) is 5.21. The molecule has 0 aliphatic carbocycles. The molecule has 1 aromatic carbocycles. The number of carbonyl (C=O) groups excluding carboxylic acids is 1. The Hall–Kier alpha value is -2.41. The Kier molecular flexibility index (Phi) is 3.37. The van der Waals surface area contributed by atoms with E-state index in [1.807, 2.05) is 0 Å². The first-order chi connectivity index (χ1) is 10.4. The van der Waals surface area contributed by atoms with Crippen molar-refractivity contribution in [2.45, 2.75) is 11.3 Å². The molecule has 0 unspecified atom stereocenters. The number of benzene rings is 1. The summed E-state index contributed by atoms with van der Waals surface area (Å²) < 4.78 is 26.4. The summed E-state index contributed by atoms with van der Waals surface area (Å²) in [7, 11) is -0.291. The molecule has 0 saturated heterocycles. The molecule has 0 N–H and O–H groups in total. The van der Waals surface area contributed by atoms with Crippen LogP contribution in [0.5, 0.6) is 0 Å². The van der Waals surface area contributed by atoms with E-state index in [4.69, 9.17) is 0 Å². The number of rotatable bonds is 2. The van der Waals surface area contributed by atoms with Crippen LogP contribution in [0.2, 0.25) is 0 Å². The molecule has 2 heterocycles. The van der Waals surface area contributed by atoms with Gasteiger partial charge in [-0.2, -0.15) is 0 Å². The van der Waals surface area contributed by atoms with Gasteiger partial charge in [-0.05, 0) is 17.7 Å². The lowest BCUT2D eigenvalue weighted by molar-refractivity contribution is -0.117. The number of amides is 1. The molecule has 0 atom stereocenters. The van der Waals surface area contributed by atoms with Gasteiger partial charge in [0.25, 0.3) is 10.0 Å². The van der Waals surface area contributed by atoms with Crippen LogP contribution in [-0.2, 0) is 21.2 Å². The van der Waals surface area contributed by atoms with Gasteiger partial charge in [0, 0.05) is 26.4 Å². The lowest BCUT2D eigenvalue weighted by Crippen LogP contribution is -2.42. The summed E-state index contributed by atoms with van der Waals surface area (Å²) in [6.07, 6.45) is 1.56. The molecule has 1 aliphatic heterocycles. The smallest absolute Gasteiger partial charge is 0.271 e. The number of pyridine rings is 1. The number of hydrogen-bond donors (Lipinski definition) is 0. The molecule has 2 aromatic rings. The van der Waals surface area contributed by atoms with Crippen molar-refractivity contribution in [3.63, 3.8) is 0 Å². The molecule has 1 aromatic heterocycles. The van der Waals surface area contributed by atoms with Crippen molar-refractivity contribution >= 4 is 27.4 Å². The third-order valence-electron chi connectivity index (χ3n) is 3.48. The van der Waals surface area contributed by atoms with Gasteiger partial charge in [0.05, 0.1) is 17.0 Å². The first-order valence-corrected chi connectivity index (χ1v) is 8.15.